The molecule has 3 unspecified atom stereocenters. The number of amides is 3. The molecule has 1 aliphatic carbocycles. The van der Waals surface area contributed by atoms with Gasteiger partial charge in [0.25, 0.3) is 5.91 Å². The molecule has 2 aliphatic heterocycles. The molecule has 5 rings (SSSR count). The Bertz CT molecular complexity index is 802. The van der Waals surface area contributed by atoms with Gasteiger partial charge in [0, 0.05) is 11.4 Å². The third-order valence-electron chi connectivity index (χ3n) is 5.24. The largest absolute Gasteiger partial charge is 0.459 e. The Hall–Kier alpha value is -2.37. The van der Waals surface area contributed by atoms with Gasteiger partial charge in [-0.1, -0.05) is 6.07 Å². The van der Waals surface area contributed by atoms with Gasteiger partial charge >= 0.3 is 6.03 Å². The Morgan fingerprint density at radius 2 is 2.09 bits per heavy atom. The zero-order valence-electron chi connectivity index (χ0n) is 11.7. The number of anilines is 1. The first kappa shape index (κ1) is 12.2. The third-order valence-corrected chi connectivity index (χ3v) is 5.24. The average molecular weight is 300 g/mol. The number of rotatable bonds is 1. The molecule has 3 aliphatic rings. The van der Waals surface area contributed by atoms with E-state index in [0.717, 1.165) is 19.3 Å². The molecule has 6 heteroatoms. The first-order chi connectivity index (χ1) is 10.7. The minimum atomic E-state index is -0.497. The second-order valence-corrected chi connectivity index (χ2v) is 6.27. The lowest BCUT2D eigenvalue weighted by atomic mass is 9.99. The van der Waals surface area contributed by atoms with Crippen molar-refractivity contribution in [3.63, 3.8) is 0 Å². The van der Waals surface area contributed by atoms with Crippen LogP contribution < -0.4 is 4.90 Å². The molecule has 1 aromatic carbocycles. The van der Waals surface area contributed by atoms with E-state index in [2.05, 4.69) is 0 Å². The van der Waals surface area contributed by atoms with E-state index >= 15 is 0 Å². The van der Waals surface area contributed by atoms with Crippen LogP contribution in [0.2, 0.25) is 0 Å². The number of imide groups is 1. The second kappa shape index (κ2) is 3.88. The second-order valence-electron chi connectivity index (χ2n) is 6.27. The van der Waals surface area contributed by atoms with Crippen molar-refractivity contribution in [3.8, 4) is 0 Å². The molecule has 2 aromatic rings. The van der Waals surface area contributed by atoms with Crippen LogP contribution in [-0.4, -0.2) is 28.9 Å². The highest BCUT2D eigenvalue weighted by molar-refractivity contribution is 6.24. The van der Waals surface area contributed by atoms with Crippen LogP contribution in [0, 0.1) is 11.7 Å². The standard InChI is InChI=1S/C16H13FN2O3/c17-11-3-1-2-10-12(7-22-14(10)11)19-15(20)13-8-4-5-9(6-8)18(13)16(19)21/h1-3,7-9,13H,4-6H2. The molecular weight excluding hydrogens is 287 g/mol. The number of urea groups is 1. The number of para-hydroxylation sites is 1. The van der Waals surface area contributed by atoms with Crippen molar-refractivity contribution in [1.29, 1.82) is 0 Å². The molecule has 0 radical (unpaired) electrons. The summed E-state index contributed by atoms with van der Waals surface area (Å²) in [5, 5.41) is 0.454. The summed E-state index contributed by atoms with van der Waals surface area (Å²) < 4.78 is 19.0. The molecule has 112 valence electrons. The summed E-state index contributed by atoms with van der Waals surface area (Å²) >= 11 is 0. The van der Waals surface area contributed by atoms with Crippen molar-refractivity contribution in [2.75, 3.05) is 4.90 Å². The van der Waals surface area contributed by atoms with Crippen molar-refractivity contribution in [1.82, 2.24) is 4.90 Å². The van der Waals surface area contributed by atoms with Crippen LogP contribution in [0.5, 0.6) is 0 Å². The molecule has 3 atom stereocenters. The van der Waals surface area contributed by atoms with Gasteiger partial charge in [-0.25, -0.2) is 14.1 Å². The molecule has 5 nitrogen and oxygen atoms in total. The molecule has 2 bridgehead atoms. The molecule has 3 amide bonds. The molecule has 22 heavy (non-hydrogen) atoms. The van der Waals surface area contributed by atoms with Gasteiger partial charge in [0.1, 0.15) is 12.3 Å². The average Bonchev–Trinajstić information content (AvgIpc) is 3.23. The maximum absolute atomic E-state index is 13.8. The first-order valence-electron chi connectivity index (χ1n) is 7.49. The Kier molecular flexibility index (Phi) is 2.15. The fourth-order valence-corrected chi connectivity index (χ4v) is 4.33. The zero-order chi connectivity index (χ0) is 15.0. The van der Waals surface area contributed by atoms with Crippen LogP contribution in [0.3, 0.4) is 0 Å². The monoisotopic (exact) mass is 300 g/mol. The van der Waals surface area contributed by atoms with E-state index in [4.69, 9.17) is 4.42 Å². The molecule has 3 heterocycles. The number of nitrogens with zero attached hydrogens (tertiary/aromatic N) is 2. The zero-order valence-corrected chi connectivity index (χ0v) is 11.7. The Labute approximate surface area is 125 Å². The van der Waals surface area contributed by atoms with Gasteiger partial charge in [-0.2, -0.15) is 0 Å². The van der Waals surface area contributed by atoms with Gasteiger partial charge in [-0.3, -0.25) is 4.79 Å². The van der Waals surface area contributed by atoms with Gasteiger partial charge in [0.2, 0.25) is 0 Å². The molecule has 0 N–H and O–H groups in total. The van der Waals surface area contributed by atoms with E-state index in [1.54, 1.807) is 17.0 Å². The molecule has 1 aromatic heterocycles. The van der Waals surface area contributed by atoms with Crippen LogP contribution in [0.4, 0.5) is 14.9 Å². The summed E-state index contributed by atoms with van der Waals surface area (Å²) in [6.45, 7) is 0. The molecule has 1 saturated carbocycles. The lowest BCUT2D eigenvalue weighted by molar-refractivity contribution is -0.120. The van der Waals surface area contributed by atoms with Crippen LogP contribution in [0.15, 0.2) is 28.9 Å². The smallest absolute Gasteiger partial charge is 0.332 e. The van der Waals surface area contributed by atoms with E-state index < -0.39 is 5.82 Å². The summed E-state index contributed by atoms with van der Waals surface area (Å²) in [7, 11) is 0. The van der Waals surface area contributed by atoms with Gasteiger partial charge < -0.3 is 9.32 Å². The van der Waals surface area contributed by atoms with Gasteiger partial charge in [0.05, 0.1) is 5.69 Å². The van der Waals surface area contributed by atoms with Crippen LogP contribution >= 0.6 is 0 Å². The van der Waals surface area contributed by atoms with Crippen molar-refractivity contribution >= 4 is 28.6 Å². The first-order valence-corrected chi connectivity index (χ1v) is 7.49. The Balaban J connectivity index is 1.65. The number of fused-ring (bicyclic) bond motifs is 6. The number of furan rings is 1. The number of hydrogen-bond acceptors (Lipinski definition) is 3. The maximum Gasteiger partial charge on any atom is 0.332 e. The number of carbonyl (C=O) groups is 2. The summed E-state index contributed by atoms with van der Waals surface area (Å²) in [5.41, 5.74) is 0.423. The summed E-state index contributed by atoms with van der Waals surface area (Å²) in [6, 6.07) is 4.04. The van der Waals surface area contributed by atoms with Crippen LogP contribution in [0.25, 0.3) is 11.0 Å². The topological polar surface area (TPSA) is 53.8 Å². The Morgan fingerprint density at radius 3 is 2.91 bits per heavy atom. The molecule has 2 saturated heterocycles. The Morgan fingerprint density at radius 1 is 1.23 bits per heavy atom. The van der Waals surface area contributed by atoms with Crippen molar-refractivity contribution < 1.29 is 18.4 Å². The van der Waals surface area contributed by atoms with E-state index in [0.29, 0.717) is 11.1 Å². The highest BCUT2D eigenvalue weighted by Crippen LogP contribution is 2.48. The number of piperidine rings is 1. The quantitative estimate of drug-likeness (QED) is 0.761. The highest BCUT2D eigenvalue weighted by Gasteiger charge is 2.59. The van der Waals surface area contributed by atoms with Crippen LogP contribution in [-0.2, 0) is 4.79 Å². The third kappa shape index (κ3) is 1.28. The van der Waals surface area contributed by atoms with Gasteiger partial charge in [0.15, 0.2) is 11.4 Å². The predicted octanol–water partition coefficient (Wildman–Crippen LogP) is 2.89. The predicted molar refractivity (Wildman–Crippen MR) is 75.8 cm³/mol. The molecule has 0 spiro atoms. The summed E-state index contributed by atoms with van der Waals surface area (Å²) in [5.74, 6) is -0.436. The fourth-order valence-electron chi connectivity index (χ4n) is 4.33. The van der Waals surface area contributed by atoms with Crippen molar-refractivity contribution in [2.24, 2.45) is 5.92 Å². The fraction of sp³-hybridized carbons (Fsp3) is 0.375. The van der Waals surface area contributed by atoms with Gasteiger partial charge in [-0.05, 0) is 37.3 Å². The molecule has 3 fully saturated rings. The van der Waals surface area contributed by atoms with E-state index in [1.807, 2.05) is 0 Å². The maximum atomic E-state index is 13.8. The lowest BCUT2D eigenvalue weighted by Gasteiger charge is -2.25. The lowest BCUT2D eigenvalue weighted by Crippen LogP contribution is -2.40. The minimum Gasteiger partial charge on any atom is -0.459 e. The van der Waals surface area contributed by atoms with E-state index in [9.17, 15) is 14.0 Å². The summed E-state index contributed by atoms with van der Waals surface area (Å²) in [4.78, 5) is 28.3. The SMILES string of the molecule is O=C1C2C3CCC(C3)N2C(=O)N1c1coc2c(F)cccc12. The molecular formula is C16H13FN2O3. The highest BCUT2D eigenvalue weighted by atomic mass is 19.1. The number of benzene rings is 1. The number of hydrogen-bond donors (Lipinski definition) is 0. The van der Waals surface area contributed by atoms with Gasteiger partial charge in [-0.15, -0.1) is 0 Å². The number of carbonyl (C=O) groups excluding carboxylic acids is 2. The van der Waals surface area contributed by atoms with E-state index in [-0.39, 0.29) is 35.5 Å². The van der Waals surface area contributed by atoms with Crippen molar-refractivity contribution in [2.45, 2.75) is 31.3 Å². The number of halogens is 1. The minimum absolute atomic E-state index is 0.0770. The van der Waals surface area contributed by atoms with Crippen LogP contribution in [0.1, 0.15) is 19.3 Å². The normalized spacial score (nSPS) is 30.0. The summed E-state index contributed by atoms with van der Waals surface area (Å²) in [6.07, 6.45) is 4.19. The van der Waals surface area contributed by atoms with Crippen molar-refractivity contribution in [3.05, 3.63) is 30.3 Å². The van der Waals surface area contributed by atoms with E-state index in [1.165, 1.54) is 17.2 Å².